The zero-order chi connectivity index (χ0) is 25.1. The molecule has 3 amide bonds. The average molecular weight is 522 g/mol. The highest BCUT2D eigenvalue weighted by Gasteiger charge is 2.42. The van der Waals surface area contributed by atoms with Crippen molar-refractivity contribution in [3.05, 3.63) is 82.3 Å². The van der Waals surface area contributed by atoms with E-state index in [1.54, 1.807) is 17.4 Å². The van der Waals surface area contributed by atoms with E-state index in [2.05, 4.69) is 20.6 Å². The van der Waals surface area contributed by atoms with E-state index in [0.717, 1.165) is 16.6 Å². The summed E-state index contributed by atoms with van der Waals surface area (Å²) in [4.78, 5) is 49.9. The molecule has 36 heavy (non-hydrogen) atoms. The van der Waals surface area contributed by atoms with Gasteiger partial charge in [-0.1, -0.05) is 30.0 Å². The minimum Gasteiger partial charge on any atom is -0.351 e. The van der Waals surface area contributed by atoms with Crippen molar-refractivity contribution < 1.29 is 18.8 Å². The van der Waals surface area contributed by atoms with Crippen molar-refractivity contribution in [1.29, 1.82) is 0 Å². The molecule has 5 rings (SSSR count). The van der Waals surface area contributed by atoms with Gasteiger partial charge >= 0.3 is 0 Å². The van der Waals surface area contributed by atoms with Gasteiger partial charge in [-0.25, -0.2) is 14.3 Å². The lowest BCUT2D eigenvalue weighted by Crippen LogP contribution is -2.42. The molecule has 2 aliphatic heterocycles. The predicted molar refractivity (Wildman–Crippen MR) is 139 cm³/mol. The Morgan fingerprint density at radius 2 is 1.86 bits per heavy atom. The van der Waals surface area contributed by atoms with E-state index < -0.39 is 11.9 Å². The first-order valence-electron chi connectivity index (χ1n) is 11.0. The number of thiophene rings is 1. The highest BCUT2D eigenvalue weighted by molar-refractivity contribution is 8.14. The lowest BCUT2D eigenvalue weighted by molar-refractivity contribution is -0.128. The van der Waals surface area contributed by atoms with Crippen LogP contribution in [-0.4, -0.2) is 45.4 Å². The molecule has 2 aromatic carbocycles. The fourth-order valence-electron chi connectivity index (χ4n) is 3.74. The molecule has 1 atom stereocenters. The molecule has 0 saturated carbocycles. The Morgan fingerprint density at radius 1 is 1.06 bits per heavy atom. The highest BCUT2D eigenvalue weighted by Crippen LogP contribution is 2.34. The van der Waals surface area contributed by atoms with Crippen LogP contribution in [-0.2, 0) is 20.9 Å². The Bertz CT molecular complexity index is 1370. The monoisotopic (exact) mass is 521 g/mol. The van der Waals surface area contributed by atoms with Crippen LogP contribution in [0.25, 0.3) is 0 Å². The summed E-state index contributed by atoms with van der Waals surface area (Å²) < 4.78 is 13.1. The largest absolute Gasteiger partial charge is 0.351 e. The number of hydrogen-bond donors (Lipinski definition) is 2. The number of benzene rings is 2. The molecule has 2 aliphatic rings. The maximum Gasteiger partial charge on any atom is 0.259 e. The number of carbonyl (C=O) groups is 3. The Balaban J connectivity index is 1.29. The van der Waals surface area contributed by atoms with Crippen molar-refractivity contribution in [2.45, 2.75) is 19.0 Å². The van der Waals surface area contributed by atoms with Crippen molar-refractivity contribution >= 4 is 63.2 Å². The molecule has 8 nitrogen and oxygen atoms in total. The van der Waals surface area contributed by atoms with Crippen LogP contribution in [0.4, 0.5) is 15.8 Å². The number of aliphatic imine (C=N–C) groups is 2. The van der Waals surface area contributed by atoms with E-state index in [1.807, 2.05) is 35.7 Å². The molecule has 3 aromatic rings. The van der Waals surface area contributed by atoms with E-state index >= 15 is 0 Å². The standard InChI is InChI=1S/C25H20FN5O3S2/c26-15-7-9-16(10-8-15)28-22(33)14-36-25-30-19-6-2-1-5-18(19)23-29-20(24(34)31(23)25)12-21(32)27-13-17-4-3-11-35-17/h1-11,20H,12-14H2,(H,27,32)(H,28,33)/t20-/m0/s1. The van der Waals surface area contributed by atoms with Crippen molar-refractivity contribution in [2.75, 3.05) is 11.1 Å². The first-order valence-corrected chi connectivity index (χ1v) is 12.9. The van der Waals surface area contributed by atoms with Gasteiger partial charge < -0.3 is 10.6 Å². The van der Waals surface area contributed by atoms with E-state index in [9.17, 15) is 18.8 Å². The van der Waals surface area contributed by atoms with E-state index in [1.165, 1.54) is 29.2 Å². The number of rotatable bonds is 7. The van der Waals surface area contributed by atoms with Crippen LogP contribution in [0.15, 0.2) is 76.0 Å². The van der Waals surface area contributed by atoms with Crippen molar-refractivity contribution in [2.24, 2.45) is 9.98 Å². The zero-order valence-corrected chi connectivity index (χ0v) is 20.4. The normalized spacial score (nSPS) is 16.1. The Morgan fingerprint density at radius 3 is 2.64 bits per heavy atom. The number of fused-ring (bicyclic) bond motifs is 3. The number of anilines is 1. The molecule has 0 bridgehead atoms. The summed E-state index contributed by atoms with van der Waals surface area (Å²) in [5.74, 6) is -0.973. The number of hydrogen-bond acceptors (Lipinski definition) is 7. The molecule has 0 radical (unpaired) electrons. The molecule has 0 spiro atoms. The minimum atomic E-state index is -0.881. The Hall–Kier alpha value is -3.83. The number of nitrogens with zero attached hydrogens (tertiary/aromatic N) is 3. The van der Waals surface area contributed by atoms with Gasteiger partial charge in [0.15, 0.2) is 5.17 Å². The summed E-state index contributed by atoms with van der Waals surface area (Å²) in [5.41, 5.74) is 1.78. The summed E-state index contributed by atoms with van der Waals surface area (Å²) in [6, 6.07) is 15.7. The zero-order valence-electron chi connectivity index (χ0n) is 18.8. The Labute approximate surface area is 214 Å². The van der Waals surface area contributed by atoms with Gasteiger partial charge in [-0.2, -0.15) is 0 Å². The van der Waals surface area contributed by atoms with Crippen molar-refractivity contribution in [3.8, 4) is 0 Å². The maximum atomic E-state index is 13.3. The summed E-state index contributed by atoms with van der Waals surface area (Å²) >= 11 is 2.63. The van der Waals surface area contributed by atoms with Gasteiger partial charge in [0.2, 0.25) is 11.8 Å². The summed E-state index contributed by atoms with van der Waals surface area (Å²) in [6.07, 6.45) is -0.0879. The first kappa shape index (κ1) is 23.9. The number of nitrogens with one attached hydrogen (secondary N) is 2. The first-order chi connectivity index (χ1) is 17.5. The number of amides is 3. The second kappa shape index (κ2) is 10.4. The topological polar surface area (TPSA) is 103 Å². The molecule has 2 N–H and O–H groups in total. The number of carbonyl (C=O) groups excluding carboxylic acids is 3. The summed E-state index contributed by atoms with van der Waals surface area (Å²) in [5, 5.41) is 7.77. The van der Waals surface area contributed by atoms with Gasteiger partial charge in [0, 0.05) is 16.1 Å². The van der Waals surface area contributed by atoms with Gasteiger partial charge in [0.1, 0.15) is 17.7 Å². The maximum absolute atomic E-state index is 13.3. The third-order valence-corrected chi connectivity index (χ3v) is 7.24. The van der Waals surface area contributed by atoms with Gasteiger partial charge in [-0.15, -0.1) is 11.3 Å². The van der Waals surface area contributed by atoms with Crippen LogP contribution in [0.5, 0.6) is 0 Å². The molecular weight excluding hydrogens is 501 g/mol. The molecule has 1 aromatic heterocycles. The minimum absolute atomic E-state index is 0.0264. The quantitative estimate of drug-likeness (QED) is 0.492. The fraction of sp³-hybridized carbons (Fsp3) is 0.160. The number of halogens is 1. The number of thioether (sulfide) groups is 1. The molecule has 182 valence electrons. The number of para-hydroxylation sites is 1. The van der Waals surface area contributed by atoms with E-state index in [-0.39, 0.29) is 29.9 Å². The molecule has 0 aliphatic carbocycles. The highest BCUT2D eigenvalue weighted by atomic mass is 32.2. The molecule has 3 heterocycles. The van der Waals surface area contributed by atoms with Crippen LogP contribution >= 0.6 is 23.1 Å². The van der Waals surface area contributed by atoms with Gasteiger partial charge in [0.05, 0.1) is 24.4 Å². The SMILES string of the molecule is O=C(C[C@@H]1N=C2c3ccccc3N=C(SCC(=O)Nc3ccc(F)cc3)N2C1=O)NCc1cccs1. The number of amidine groups is 2. The predicted octanol–water partition coefficient (Wildman–Crippen LogP) is 3.92. The van der Waals surface area contributed by atoms with Crippen molar-refractivity contribution in [3.63, 3.8) is 0 Å². The lowest BCUT2D eigenvalue weighted by atomic mass is 10.1. The van der Waals surface area contributed by atoms with E-state index in [4.69, 9.17) is 0 Å². The second-order valence-electron chi connectivity index (χ2n) is 7.96. The smallest absolute Gasteiger partial charge is 0.259 e. The van der Waals surface area contributed by atoms with Crippen LogP contribution in [0.1, 0.15) is 16.9 Å². The third kappa shape index (κ3) is 5.21. The molecule has 0 saturated heterocycles. The molecule has 11 heteroatoms. The molecular formula is C25H20FN5O3S2. The summed E-state index contributed by atoms with van der Waals surface area (Å²) in [6.45, 7) is 0.395. The van der Waals surface area contributed by atoms with E-state index in [0.29, 0.717) is 34.5 Å². The second-order valence-corrected chi connectivity index (χ2v) is 9.93. The fourth-order valence-corrected chi connectivity index (χ4v) is 5.18. The van der Waals surface area contributed by atoms with Crippen LogP contribution in [0.2, 0.25) is 0 Å². The molecule has 0 unspecified atom stereocenters. The summed E-state index contributed by atoms with van der Waals surface area (Å²) in [7, 11) is 0. The van der Waals surface area contributed by atoms with Crippen LogP contribution in [0.3, 0.4) is 0 Å². The van der Waals surface area contributed by atoms with Crippen molar-refractivity contribution in [1.82, 2.24) is 10.2 Å². The van der Waals surface area contributed by atoms with Gasteiger partial charge in [0.25, 0.3) is 5.91 Å². The van der Waals surface area contributed by atoms with Gasteiger partial charge in [-0.05, 0) is 47.8 Å². The van der Waals surface area contributed by atoms with Crippen LogP contribution in [0, 0.1) is 5.82 Å². The third-order valence-electron chi connectivity index (χ3n) is 5.43. The average Bonchev–Trinajstić information content (AvgIpc) is 3.51. The lowest BCUT2D eigenvalue weighted by Gasteiger charge is -2.25. The van der Waals surface area contributed by atoms with Crippen LogP contribution < -0.4 is 10.6 Å². The Kier molecular flexibility index (Phi) is 6.92. The van der Waals surface area contributed by atoms with Gasteiger partial charge in [-0.3, -0.25) is 19.4 Å². The molecule has 0 fully saturated rings.